The predicted molar refractivity (Wildman–Crippen MR) is 67.8 cm³/mol. The highest BCUT2D eigenvalue weighted by molar-refractivity contribution is 5.83. The van der Waals surface area contributed by atoms with Crippen molar-refractivity contribution in [1.82, 2.24) is 10.2 Å². The van der Waals surface area contributed by atoms with E-state index >= 15 is 0 Å². The van der Waals surface area contributed by atoms with E-state index in [4.69, 9.17) is 9.84 Å². The monoisotopic (exact) mass is 274 g/mol. The van der Waals surface area contributed by atoms with Gasteiger partial charge in [-0.25, -0.2) is 9.59 Å². The number of aliphatic hydroxyl groups excluding tert-OH is 1. The number of carboxylic acids is 1. The molecule has 1 aliphatic heterocycles. The summed E-state index contributed by atoms with van der Waals surface area (Å²) in [5.74, 6) is -0.793. The van der Waals surface area contributed by atoms with E-state index in [9.17, 15) is 14.7 Å². The molecule has 0 aliphatic carbocycles. The first kappa shape index (κ1) is 15.7. The van der Waals surface area contributed by atoms with E-state index in [1.807, 2.05) is 0 Å². The molecule has 7 heteroatoms. The number of piperidine rings is 1. The molecule has 110 valence electrons. The van der Waals surface area contributed by atoms with Crippen LogP contribution in [0.1, 0.15) is 19.8 Å². The van der Waals surface area contributed by atoms with Crippen LogP contribution in [0.15, 0.2) is 0 Å². The molecule has 1 fully saturated rings. The van der Waals surface area contributed by atoms with Crippen LogP contribution in [0.4, 0.5) is 4.79 Å². The molecule has 1 rings (SSSR count). The lowest BCUT2D eigenvalue weighted by atomic mass is 9.98. The zero-order valence-corrected chi connectivity index (χ0v) is 11.3. The van der Waals surface area contributed by atoms with Crippen molar-refractivity contribution in [3.8, 4) is 0 Å². The molecule has 1 heterocycles. The number of likely N-dealkylation sites (tertiary alicyclic amines) is 1. The van der Waals surface area contributed by atoms with Gasteiger partial charge >= 0.3 is 12.0 Å². The van der Waals surface area contributed by atoms with Crippen molar-refractivity contribution in [3.05, 3.63) is 0 Å². The zero-order chi connectivity index (χ0) is 14.4. The van der Waals surface area contributed by atoms with Crippen molar-refractivity contribution in [2.24, 2.45) is 5.92 Å². The molecule has 1 aliphatic rings. The van der Waals surface area contributed by atoms with E-state index in [0.29, 0.717) is 25.6 Å². The van der Waals surface area contributed by atoms with Gasteiger partial charge in [0, 0.05) is 26.8 Å². The summed E-state index contributed by atoms with van der Waals surface area (Å²) in [4.78, 5) is 24.4. The van der Waals surface area contributed by atoms with Crippen LogP contribution in [-0.4, -0.2) is 66.1 Å². The fraction of sp³-hybridized carbons (Fsp3) is 0.833. The summed E-state index contributed by atoms with van der Waals surface area (Å²) in [5, 5.41) is 20.5. The molecule has 0 spiro atoms. The second kappa shape index (κ2) is 7.30. The third-order valence-corrected chi connectivity index (χ3v) is 3.33. The molecule has 2 amide bonds. The van der Waals surface area contributed by atoms with E-state index in [1.165, 1.54) is 6.92 Å². The van der Waals surface area contributed by atoms with Gasteiger partial charge in [-0.2, -0.15) is 0 Å². The fourth-order valence-corrected chi connectivity index (χ4v) is 2.15. The smallest absolute Gasteiger partial charge is 0.328 e. The molecule has 0 aromatic rings. The number of rotatable bonds is 5. The highest BCUT2D eigenvalue weighted by atomic mass is 16.5. The Hall–Kier alpha value is -1.34. The number of nitrogens with zero attached hydrogens (tertiary/aromatic N) is 1. The minimum atomic E-state index is -1.27. The van der Waals surface area contributed by atoms with Crippen molar-refractivity contribution < 1.29 is 24.5 Å². The largest absolute Gasteiger partial charge is 0.480 e. The molecular formula is C12H22N2O5. The molecule has 7 nitrogen and oxygen atoms in total. The first-order valence-corrected chi connectivity index (χ1v) is 6.41. The molecule has 3 N–H and O–H groups in total. The Labute approximate surface area is 112 Å². The number of hydrogen-bond donors (Lipinski definition) is 3. The number of urea groups is 1. The van der Waals surface area contributed by atoms with Gasteiger partial charge in [0.1, 0.15) is 0 Å². The maximum absolute atomic E-state index is 11.9. The van der Waals surface area contributed by atoms with Crippen molar-refractivity contribution in [3.63, 3.8) is 0 Å². The van der Waals surface area contributed by atoms with Crippen LogP contribution < -0.4 is 5.32 Å². The third kappa shape index (κ3) is 4.68. The number of carboxylic acid groups (broad SMARTS) is 1. The van der Waals surface area contributed by atoms with Crippen LogP contribution in [0.25, 0.3) is 0 Å². The Morgan fingerprint density at radius 3 is 2.42 bits per heavy atom. The second-order valence-electron chi connectivity index (χ2n) is 4.89. The van der Waals surface area contributed by atoms with E-state index in [1.54, 1.807) is 12.0 Å². The number of carbonyl (C=O) groups excluding carboxylic acids is 1. The van der Waals surface area contributed by atoms with Crippen molar-refractivity contribution in [2.45, 2.75) is 31.9 Å². The number of carbonyl (C=O) groups is 2. The Morgan fingerprint density at radius 2 is 2.00 bits per heavy atom. The van der Waals surface area contributed by atoms with Gasteiger partial charge in [0.05, 0.1) is 6.10 Å². The molecule has 2 unspecified atom stereocenters. The summed E-state index contributed by atoms with van der Waals surface area (Å²) in [6.45, 7) is 3.17. The summed E-state index contributed by atoms with van der Waals surface area (Å²) < 4.78 is 5.07. The second-order valence-corrected chi connectivity index (χ2v) is 4.89. The number of aliphatic hydroxyl groups is 1. The lowest BCUT2D eigenvalue weighted by Gasteiger charge is -2.32. The van der Waals surface area contributed by atoms with Gasteiger partial charge in [-0.05, 0) is 25.7 Å². The number of amides is 2. The summed E-state index contributed by atoms with van der Waals surface area (Å²) in [6.07, 6.45) is 0.550. The molecule has 2 atom stereocenters. The van der Waals surface area contributed by atoms with Crippen LogP contribution in [0.3, 0.4) is 0 Å². The minimum Gasteiger partial charge on any atom is -0.480 e. The van der Waals surface area contributed by atoms with Crippen molar-refractivity contribution in [1.29, 1.82) is 0 Å². The Kier molecular flexibility index (Phi) is 6.04. The average Bonchev–Trinajstić information content (AvgIpc) is 2.36. The molecule has 0 radical (unpaired) electrons. The Balaban J connectivity index is 2.44. The fourth-order valence-electron chi connectivity index (χ4n) is 2.15. The van der Waals surface area contributed by atoms with Gasteiger partial charge in [-0.3, -0.25) is 0 Å². The first-order chi connectivity index (χ1) is 8.95. The SMILES string of the molecule is COCC1CCN(C(=O)NC(C(=O)O)C(C)O)CC1. The topological polar surface area (TPSA) is 99.1 Å². The lowest BCUT2D eigenvalue weighted by Crippen LogP contribution is -2.53. The van der Waals surface area contributed by atoms with Crippen molar-refractivity contribution in [2.75, 3.05) is 26.8 Å². The molecule has 19 heavy (non-hydrogen) atoms. The minimum absolute atomic E-state index is 0.441. The number of methoxy groups -OCH3 is 1. The number of hydrogen-bond acceptors (Lipinski definition) is 4. The van der Waals surface area contributed by atoms with Gasteiger partial charge in [-0.1, -0.05) is 0 Å². The van der Waals surface area contributed by atoms with Gasteiger partial charge < -0.3 is 25.2 Å². The Bertz CT molecular complexity index is 313. The molecule has 0 aromatic carbocycles. The van der Waals surface area contributed by atoms with Crippen LogP contribution in [-0.2, 0) is 9.53 Å². The molecule has 0 saturated carbocycles. The van der Waals surface area contributed by atoms with Crippen LogP contribution >= 0.6 is 0 Å². The number of ether oxygens (including phenoxy) is 1. The van der Waals surface area contributed by atoms with Gasteiger partial charge in [0.15, 0.2) is 6.04 Å². The van der Waals surface area contributed by atoms with Gasteiger partial charge in [-0.15, -0.1) is 0 Å². The van der Waals surface area contributed by atoms with Crippen LogP contribution in [0.5, 0.6) is 0 Å². The Morgan fingerprint density at radius 1 is 1.42 bits per heavy atom. The van der Waals surface area contributed by atoms with E-state index in [0.717, 1.165) is 12.8 Å². The third-order valence-electron chi connectivity index (χ3n) is 3.33. The number of nitrogens with one attached hydrogen (secondary N) is 1. The highest BCUT2D eigenvalue weighted by Crippen LogP contribution is 2.17. The van der Waals surface area contributed by atoms with Crippen molar-refractivity contribution >= 4 is 12.0 Å². The standard InChI is InChI=1S/C12H22N2O5/c1-8(15)10(11(16)17)13-12(18)14-5-3-9(4-6-14)7-19-2/h8-10,15H,3-7H2,1-2H3,(H,13,18)(H,16,17). The highest BCUT2D eigenvalue weighted by Gasteiger charge is 2.29. The normalized spacial score (nSPS) is 19.8. The predicted octanol–water partition coefficient (Wildman–Crippen LogP) is -0.112. The van der Waals surface area contributed by atoms with Crippen LogP contribution in [0.2, 0.25) is 0 Å². The molecular weight excluding hydrogens is 252 g/mol. The summed E-state index contributed by atoms with van der Waals surface area (Å²) in [7, 11) is 1.65. The van der Waals surface area contributed by atoms with Gasteiger partial charge in [0.2, 0.25) is 0 Å². The molecule has 0 bridgehead atoms. The van der Waals surface area contributed by atoms with Crippen LogP contribution in [0, 0.1) is 5.92 Å². The molecule has 0 aromatic heterocycles. The first-order valence-electron chi connectivity index (χ1n) is 6.41. The van der Waals surface area contributed by atoms with E-state index in [2.05, 4.69) is 5.32 Å². The maximum atomic E-state index is 11.9. The summed E-state index contributed by atoms with van der Waals surface area (Å²) in [5.41, 5.74) is 0. The maximum Gasteiger partial charge on any atom is 0.328 e. The van der Waals surface area contributed by atoms with E-state index in [-0.39, 0.29) is 0 Å². The van der Waals surface area contributed by atoms with Gasteiger partial charge in [0.25, 0.3) is 0 Å². The average molecular weight is 274 g/mol. The lowest BCUT2D eigenvalue weighted by molar-refractivity contribution is -0.141. The zero-order valence-electron chi connectivity index (χ0n) is 11.3. The summed E-state index contributed by atoms with van der Waals surface area (Å²) in [6, 6.07) is -1.71. The quantitative estimate of drug-likeness (QED) is 0.649. The number of aliphatic carboxylic acids is 1. The summed E-state index contributed by atoms with van der Waals surface area (Å²) >= 11 is 0. The van der Waals surface area contributed by atoms with E-state index < -0.39 is 24.1 Å². The molecule has 1 saturated heterocycles.